The van der Waals surface area contributed by atoms with Crippen molar-refractivity contribution in [3.8, 4) is 0 Å². The van der Waals surface area contributed by atoms with Gasteiger partial charge in [0, 0.05) is 100 Å². The SMILES string of the molecule is [2H]C([2H])([2H])C([2H])([2H])C([2H])([2H])C([2H])([2H])C([2H])([2H])C([2H])([2H])C([2H])([2H])C([2H])([2H])C([2H])([2H])C([2H])([2H])C([2H])([2H])C([2H])([2H])C([2H])([2H])C([2H])([2H])C([2H])([2H])C(=O)O.[K]. The molecule has 2 nitrogen and oxygen atoms in total. The average Bonchev–Trinajstić information content (AvgIpc) is 2.86. The molecule has 0 fully saturated rings. The molecule has 3 heteroatoms. The van der Waals surface area contributed by atoms with Crippen LogP contribution in [0.15, 0.2) is 0 Å². The van der Waals surface area contributed by atoms with Crippen molar-refractivity contribution in [1.29, 1.82) is 0 Å². The van der Waals surface area contributed by atoms with Crippen LogP contribution in [0.5, 0.6) is 0 Å². The van der Waals surface area contributed by atoms with Crippen LogP contribution in [0, 0.1) is 0 Å². The predicted molar refractivity (Wildman–Crippen MR) is 83.7 cm³/mol. The van der Waals surface area contributed by atoms with Gasteiger partial charge in [-0.15, -0.1) is 0 Å². The molecule has 0 bridgehead atoms. The number of aliphatic carboxylic acids is 1. The maximum absolute atomic E-state index is 11.3. The first-order valence-electron chi connectivity index (χ1n) is 19.7. The Morgan fingerprint density at radius 2 is 1.21 bits per heavy atom. The molecule has 0 aromatic rings. The van der Waals surface area contributed by atoms with Crippen LogP contribution < -0.4 is 0 Å². The van der Waals surface area contributed by atoms with Gasteiger partial charge in [0.15, 0.2) is 0 Å². The van der Waals surface area contributed by atoms with Crippen molar-refractivity contribution < 1.29 is 52.4 Å². The zero-order chi connectivity index (χ0) is 41.1. The average molecular weight is 327 g/mol. The standard InChI is InChI=1S/C16H32O2.K/c1-2-3-4-5-6-7-8-9-10-11-12-13-14-15-16(17)18;/h2-15H2,1H3,(H,17,18);/i1D3,2D2,3D2,4D2,5D2,6D2,7D2,8D2,9D2,10D2,11D2,12D2,13D2,14D2,15D2;. The summed E-state index contributed by atoms with van der Waals surface area (Å²) in [5, 5.41) is 9.04. The molecule has 0 atom stereocenters. The van der Waals surface area contributed by atoms with E-state index in [1.165, 1.54) is 0 Å². The molecule has 19 heavy (non-hydrogen) atoms. The Morgan fingerprint density at radius 1 is 0.842 bits per heavy atom. The van der Waals surface area contributed by atoms with Crippen LogP contribution in [0.1, 0.15) is 139 Å². The molecule has 1 N–H and O–H groups in total. The number of carboxylic acid groups (broad SMARTS) is 1. The summed E-state index contributed by atoms with van der Waals surface area (Å²) >= 11 is 0. The smallest absolute Gasteiger partial charge is 0.303 e. The van der Waals surface area contributed by atoms with E-state index in [2.05, 4.69) is 0 Å². The first-order valence-corrected chi connectivity index (χ1v) is 4.18. The van der Waals surface area contributed by atoms with E-state index in [-0.39, 0.29) is 51.4 Å². The molecule has 0 saturated heterocycles. The van der Waals surface area contributed by atoms with Crippen LogP contribution in [0.2, 0.25) is 0 Å². The van der Waals surface area contributed by atoms with Gasteiger partial charge in [-0.1, -0.05) is 83.3 Å². The largest absolute Gasteiger partial charge is 0.481 e. The molecule has 0 heterocycles. The second-order valence-electron chi connectivity index (χ2n) is 2.06. The third-order valence-electron chi connectivity index (χ3n) is 0.919. The van der Waals surface area contributed by atoms with Crippen molar-refractivity contribution in [3.63, 3.8) is 0 Å². The van der Waals surface area contributed by atoms with Crippen LogP contribution in [0.3, 0.4) is 0 Å². The Balaban J connectivity index is 0. The number of carbonyl (C=O) groups is 1. The number of rotatable bonds is 14. The minimum atomic E-state index is -5.13. The zero-order valence-corrected chi connectivity index (χ0v) is 13.0. The van der Waals surface area contributed by atoms with E-state index < -0.39 is 102 Å². The predicted octanol–water partition coefficient (Wildman–Crippen LogP) is 5.17. The molecule has 109 valence electrons. The fourth-order valence-electron chi connectivity index (χ4n) is 0.428. The molecule has 0 unspecified atom stereocenters. The van der Waals surface area contributed by atoms with Crippen LogP contribution >= 0.6 is 0 Å². The van der Waals surface area contributed by atoms with Gasteiger partial charge in [-0.3, -0.25) is 4.79 Å². The molecule has 0 aliphatic heterocycles. The Morgan fingerprint density at radius 3 is 1.58 bits per heavy atom. The fourth-order valence-corrected chi connectivity index (χ4v) is 0.428. The molecule has 0 rings (SSSR count). The first-order chi connectivity index (χ1) is 20.4. The third-order valence-corrected chi connectivity index (χ3v) is 0.919. The molecule has 0 aliphatic carbocycles. The number of hydrogen-bond acceptors (Lipinski definition) is 1. The van der Waals surface area contributed by atoms with Crippen molar-refractivity contribution in [1.82, 2.24) is 0 Å². The Bertz CT molecular complexity index is 1260. The summed E-state index contributed by atoms with van der Waals surface area (Å²) in [6.07, 6.45) is -68.3. The monoisotopic (exact) mass is 326 g/mol. The number of carboxylic acids is 1. The number of hydrogen-bond donors (Lipinski definition) is 1. The molecular formula is C16H32KO2. The van der Waals surface area contributed by atoms with Crippen LogP contribution in [0.25, 0.3) is 0 Å². The Hall–Kier alpha value is 1.11. The van der Waals surface area contributed by atoms with Gasteiger partial charge in [0.05, 0.1) is 0 Å². The Kier molecular flexibility index (Phi) is 3.06. The van der Waals surface area contributed by atoms with E-state index in [1.54, 1.807) is 0 Å². The van der Waals surface area contributed by atoms with Gasteiger partial charge in [0.1, 0.15) is 0 Å². The second kappa shape index (κ2) is 19.1. The quantitative estimate of drug-likeness (QED) is 0.447. The van der Waals surface area contributed by atoms with E-state index in [1.807, 2.05) is 0 Å². The topological polar surface area (TPSA) is 37.3 Å². The normalized spacial score (nSPS) is 45.6. The second-order valence-corrected chi connectivity index (χ2v) is 2.06. The summed E-state index contributed by atoms with van der Waals surface area (Å²) in [6.45, 7) is -4.11. The molecule has 0 aliphatic rings. The zero-order valence-electron chi connectivity index (χ0n) is 40.9. The Labute approximate surface area is 206 Å². The first kappa shape index (κ1) is 3.04. The van der Waals surface area contributed by atoms with Crippen LogP contribution in [-0.4, -0.2) is 62.5 Å². The maximum atomic E-state index is 11.3. The summed E-state index contributed by atoms with van der Waals surface area (Å²) in [5.41, 5.74) is 0. The van der Waals surface area contributed by atoms with Gasteiger partial charge in [-0.25, -0.2) is 0 Å². The van der Waals surface area contributed by atoms with Crippen molar-refractivity contribution in [2.75, 3.05) is 0 Å². The fraction of sp³-hybridized carbons (Fsp3) is 0.938. The minimum absolute atomic E-state index is 0. The molecule has 0 aromatic carbocycles. The summed E-state index contributed by atoms with van der Waals surface area (Å²) in [5.74, 6) is -2.77. The minimum Gasteiger partial charge on any atom is -0.481 e. The van der Waals surface area contributed by atoms with Crippen molar-refractivity contribution in [2.45, 2.75) is 96.1 Å². The summed E-state index contributed by atoms with van der Waals surface area (Å²) in [7, 11) is 0. The summed E-state index contributed by atoms with van der Waals surface area (Å²) < 4.78 is 243. The van der Waals surface area contributed by atoms with E-state index >= 15 is 0 Å². The molecule has 1 radical (unpaired) electrons. The van der Waals surface area contributed by atoms with Crippen LogP contribution in [0.4, 0.5) is 0 Å². The van der Waals surface area contributed by atoms with E-state index in [0.717, 1.165) is 0 Å². The summed E-state index contributed by atoms with van der Waals surface area (Å²) in [4.78, 5) is 11.3. The molecule has 0 spiro atoms. The van der Waals surface area contributed by atoms with Gasteiger partial charge in [0.2, 0.25) is 0 Å². The van der Waals surface area contributed by atoms with Gasteiger partial charge in [-0.2, -0.15) is 0 Å². The van der Waals surface area contributed by atoms with Gasteiger partial charge >= 0.3 is 5.97 Å². The van der Waals surface area contributed by atoms with Gasteiger partial charge in [-0.05, 0) is 6.37 Å². The summed E-state index contributed by atoms with van der Waals surface area (Å²) in [6, 6.07) is 0. The molecule has 0 saturated carbocycles. The molecular weight excluding hydrogens is 263 g/mol. The molecule has 0 aromatic heterocycles. The van der Waals surface area contributed by atoms with Gasteiger partial charge in [0.25, 0.3) is 0 Å². The molecule has 0 amide bonds. The van der Waals surface area contributed by atoms with E-state index in [4.69, 9.17) is 47.6 Å². The van der Waals surface area contributed by atoms with E-state index in [0.29, 0.717) is 0 Å². The maximum Gasteiger partial charge on any atom is 0.303 e. The van der Waals surface area contributed by atoms with Crippen molar-refractivity contribution >= 4 is 57.4 Å². The van der Waals surface area contributed by atoms with Crippen molar-refractivity contribution in [3.05, 3.63) is 0 Å². The van der Waals surface area contributed by atoms with Crippen molar-refractivity contribution in [2.24, 2.45) is 0 Å². The van der Waals surface area contributed by atoms with E-state index in [9.17, 15) is 4.79 Å². The van der Waals surface area contributed by atoms with Gasteiger partial charge < -0.3 is 5.11 Å². The van der Waals surface area contributed by atoms with Crippen LogP contribution in [-0.2, 0) is 4.79 Å². The third kappa shape index (κ3) is 21.6.